The predicted molar refractivity (Wildman–Crippen MR) is 102 cm³/mol. The van der Waals surface area contributed by atoms with Crippen LogP contribution in [0.25, 0.3) is 0 Å². The molecule has 0 aromatic heterocycles. The third-order valence-electron chi connectivity index (χ3n) is 5.24. The lowest BCUT2D eigenvalue weighted by atomic mass is 9.65. The van der Waals surface area contributed by atoms with E-state index < -0.39 is 5.97 Å². The average molecular weight is 457 g/mol. The molecule has 1 aliphatic heterocycles. The summed E-state index contributed by atoms with van der Waals surface area (Å²) in [5.41, 5.74) is 0.475. The minimum Gasteiger partial charge on any atom is -0.507 e. The van der Waals surface area contributed by atoms with Gasteiger partial charge in [-0.2, -0.15) is 0 Å². The maximum absolute atomic E-state index is 12.6. The van der Waals surface area contributed by atoms with Gasteiger partial charge in [0.15, 0.2) is 6.61 Å². The van der Waals surface area contributed by atoms with Crippen molar-refractivity contribution in [2.45, 2.75) is 46.1 Å². The number of amides is 1. The number of carbonyl (C=O) groups is 2. The number of rotatable bonds is 3. The number of nitrogens with zero attached hydrogens (tertiary/aromatic N) is 1. The SMILES string of the molecule is CC1(C)CC2CC(C)(CN2C(=O)COC(=O)c2cc(I)ccc2O)C1. The summed E-state index contributed by atoms with van der Waals surface area (Å²) in [5.74, 6) is -0.952. The second-order valence-electron chi connectivity index (χ2n) is 8.47. The fourth-order valence-electron chi connectivity index (χ4n) is 4.71. The van der Waals surface area contributed by atoms with Crippen LogP contribution >= 0.6 is 22.6 Å². The van der Waals surface area contributed by atoms with Gasteiger partial charge in [-0.3, -0.25) is 4.79 Å². The molecule has 1 saturated carbocycles. The Morgan fingerprint density at radius 1 is 1.32 bits per heavy atom. The quantitative estimate of drug-likeness (QED) is 0.557. The maximum atomic E-state index is 12.6. The molecule has 25 heavy (non-hydrogen) atoms. The van der Waals surface area contributed by atoms with Crippen molar-refractivity contribution >= 4 is 34.5 Å². The molecular formula is C19H24INO4. The van der Waals surface area contributed by atoms with Gasteiger partial charge < -0.3 is 14.7 Å². The van der Waals surface area contributed by atoms with Gasteiger partial charge >= 0.3 is 5.97 Å². The van der Waals surface area contributed by atoms with Gasteiger partial charge in [0, 0.05) is 16.2 Å². The van der Waals surface area contributed by atoms with Gasteiger partial charge in [-0.25, -0.2) is 4.79 Å². The number of halogens is 1. The molecule has 6 heteroatoms. The number of carbonyl (C=O) groups excluding carboxylic acids is 2. The molecule has 1 heterocycles. The molecule has 1 saturated heterocycles. The van der Waals surface area contributed by atoms with Crippen molar-refractivity contribution in [1.82, 2.24) is 4.90 Å². The second-order valence-corrected chi connectivity index (χ2v) is 9.72. The fraction of sp³-hybridized carbons (Fsp3) is 0.579. The third-order valence-corrected chi connectivity index (χ3v) is 5.91. The van der Waals surface area contributed by atoms with Crippen molar-refractivity contribution in [3.8, 4) is 5.75 Å². The predicted octanol–water partition coefficient (Wildman–Crippen LogP) is 3.58. The number of aromatic hydroxyl groups is 1. The Morgan fingerprint density at radius 2 is 2.04 bits per heavy atom. The summed E-state index contributed by atoms with van der Waals surface area (Å²) in [6, 6.07) is 4.93. The molecule has 1 amide bonds. The Labute approximate surface area is 161 Å². The molecule has 2 fully saturated rings. The van der Waals surface area contributed by atoms with Crippen LogP contribution in [0.3, 0.4) is 0 Å². The second kappa shape index (κ2) is 6.45. The van der Waals surface area contributed by atoms with Gasteiger partial charge in [0.2, 0.25) is 0 Å². The number of fused-ring (bicyclic) bond motifs is 2. The monoisotopic (exact) mass is 457 g/mol. The topological polar surface area (TPSA) is 66.8 Å². The lowest BCUT2D eigenvalue weighted by Crippen LogP contribution is -2.39. The zero-order chi connectivity index (χ0) is 18.4. The molecule has 1 aliphatic carbocycles. The Balaban J connectivity index is 1.64. The molecule has 2 unspecified atom stereocenters. The molecule has 136 valence electrons. The summed E-state index contributed by atoms with van der Waals surface area (Å²) >= 11 is 2.06. The van der Waals surface area contributed by atoms with E-state index in [1.54, 1.807) is 12.1 Å². The number of hydrogen-bond donors (Lipinski definition) is 1. The van der Waals surface area contributed by atoms with Crippen molar-refractivity contribution in [1.29, 1.82) is 0 Å². The van der Waals surface area contributed by atoms with E-state index in [1.165, 1.54) is 6.07 Å². The summed E-state index contributed by atoms with van der Waals surface area (Å²) in [6.07, 6.45) is 3.12. The average Bonchev–Trinajstić information content (AvgIpc) is 2.76. The first-order valence-corrected chi connectivity index (χ1v) is 9.62. The lowest BCUT2D eigenvalue weighted by molar-refractivity contribution is -0.135. The number of ether oxygens (including phenoxy) is 1. The molecular weight excluding hydrogens is 433 g/mol. The van der Waals surface area contributed by atoms with E-state index >= 15 is 0 Å². The molecule has 1 aromatic carbocycles. The minimum absolute atomic E-state index is 0.0907. The zero-order valence-corrected chi connectivity index (χ0v) is 17.0. The summed E-state index contributed by atoms with van der Waals surface area (Å²) in [5, 5.41) is 9.80. The van der Waals surface area contributed by atoms with Crippen LogP contribution < -0.4 is 0 Å². The van der Waals surface area contributed by atoms with Crippen LogP contribution in [0.1, 0.15) is 50.4 Å². The van der Waals surface area contributed by atoms with Gasteiger partial charge in [-0.15, -0.1) is 0 Å². The summed E-state index contributed by atoms with van der Waals surface area (Å²) in [4.78, 5) is 26.7. The van der Waals surface area contributed by atoms with E-state index in [2.05, 4.69) is 43.4 Å². The number of benzene rings is 1. The van der Waals surface area contributed by atoms with Gasteiger partial charge in [-0.05, 0) is 70.9 Å². The van der Waals surface area contributed by atoms with E-state index in [0.29, 0.717) is 0 Å². The first kappa shape index (κ1) is 18.5. The first-order valence-electron chi connectivity index (χ1n) is 8.54. The van der Waals surface area contributed by atoms with E-state index in [4.69, 9.17) is 4.74 Å². The van der Waals surface area contributed by atoms with E-state index in [0.717, 1.165) is 29.4 Å². The molecule has 0 spiro atoms. The maximum Gasteiger partial charge on any atom is 0.342 e. The van der Waals surface area contributed by atoms with Crippen LogP contribution in [0.2, 0.25) is 0 Å². The molecule has 3 rings (SSSR count). The van der Waals surface area contributed by atoms with E-state index in [1.807, 2.05) is 4.90 Å². The van der Waals surface area contributed by atoms with E-state index in [-0.39, 0.29) is 40.7 Å². The van der Waals surface area contributed by atoms with Crippen molar-refractivity contribution in [3.05, 3.63) is 27.3 Å². The standard InChI is InChI=1S/C19H24INO4/c1-18(2)7-13-8-19(3,10-18)11-21(13)16(23)9-25-17(24)14-6-12(20)4-5-15(14)22/h4-6,13,22H,7-11H2,1-3H3. The number of phenols is 1. The van der Waals surface area contributed by atoms with Gasteiger partial charge in [0.25, 0.3) is 5.91 Å². The number of phenolic OH excluding ortho intramolecular Hbond substituents is 1. The van der Waals surface area contributed by atoms with Crippen LogP contribution in [-0.2, 0) is 9.53 Å². The molecule has 0 radical (unpaired) electrons. The summed E-state index contributed by atoms with van der Waals surface area (Å²) < 4.78 is 5.99. The highest BCUT2D eigenvalue weighted by atomic mass is 127. The Morgan fingerprint density at radius 3 is 2.76 bits per heavy atom. The highest BCUT2D eigenvalue weighted by Crippen LogP contribution is 2.52. The van der Waals surface area contributed by atoms with Gasteiger partial charge in [0.05, 0.1) is 0 Å². The highest BCUT2D eigenvalue weighted by Gasteiger charge is 2.50. The smallest absolute Gasteiger partial charge is 0.342 e. The lowest BCUT2D eigenvalue weighted by Gasteiger charge is -2.39. The third kappa shape index (κ3) is 3.93. The first-order chi connectivity index (χ1) is 11.6. The molecule has 2 aliphatic rings. The molecule has 1 aromatic rings. The van der Waals surface area contributed by atoms with Crippen molar-refractivity contribution in [2.24, 2.45) is 10.8 Å². The number of hydrogen-bond acceptors (Lipinski definition) is 4. The largest absolute Gasteiger partial charge is 0.507 e. The highest BCUT2D eigenvalue weighted by molar-refractivity contribution is 14.1. The van der Waals surface area contributed by atoms with Crippen LogP contribution in [-0.4, -0.2) is 41.1 Å². The minimum atomic E-state index is -0.668. The Kier molecular flexibility index (Phi) is 4.77. The van der Waals surface area contributed by atoms with Gasteiger partial charge in [-0.1, -0.05) is 20.8 Å². The van der Waals surface area contributed by atoms with Gasteiger partial charge in [0.1, 0.15) is 11.3 Å². The van der Waals surface area contributed by atoms with Crippen LogP contribution in [0.4, 0.5) is 0 Å². The number of esters is 1. The zero-order valence-electron chi connectivity index (χ0n) is 14.8. The number of likely N-dealkylation sites (tertiary alicyclic amines) is 1. The summed E-state index contributed by atoms with van der Waals surface area (Å²) in [7, 11) is 0. The van der Waals surface area contributed by atoms with Crippen molar-refractivity contribution in [3.63, 3.8) is 0 Å². The molecule has 2 atom stereocenters. The van der Waals surface area contributed by atoms with Crippen LogP contribution in [0, 0.1) is 14.4 Å². The Bertz CT molecular complexity index is 717. The van der Waals surface area contributed by atoms with Crippen LogP contribution in [0.15, 0.2) is 18.2 Å². The molecule has 1 N–H and O–H groups in total. The van der Waals surface area contributed by atoms with E-state index in [9.17, 15) is 14.7 Å². The van der Waals surface area contributed by atoms with Crippen molar-refractivity contribution < 1.29 is 19.4 Å². The molecule has 5 nitrogen and oxygen atoms in total. The molecule has 2 bridgehead atoms. The normalized spacial score (nSPS) is 27.2. The Hall–Kier alpha value is -1.31. The van der Waals surface area contributed by atoms with Crippen molar-refractivity contribution in [2.75, 3.05) is 13.2 Å². The fourth-order valence-corrected chi connectivity index (χ4v) is 5.20. The summed E-state index contributed by atoms with van der Waals surface area (Å²) in [6.45, 7) is 7.20. The van der Waals surface area contributed by atoms with Crippen LogP contribution in [0.5, 0.6) is 5.75 Å².